The van der Waals surface area contributed by atoms with E-state index in [9.17, 15) is 18.0 Å². The van der Waals surface area contributed by atoms with E-state index in [0.29, 0.717) is 18.1 Å². The third-order valence-corrected chi connectivity index (χ3v) is 9.53. The summed E-state index contributed by atoms with van der Waals surface area (Å²) in [4.78, 5) is 29.8. The third kappa shape index (κ3) is 8.67. The zero-order chi connectivity index (χ0) is 31.6. The molecule has 3 aromatic rings. The highest BCUT2D eigenvalue weighted by Gasteiger charge is 2.34. The number of hydrogen-bond donors (Lipinski definition) is 1. The normalized spacial score (nSPS) is 12.6. The maximum Gasteiger partial charge on any atom is 0.264 e. The van der Waals surface area contributed by atoms with Gasteiger partial charge in [-0.2, -0.15) is 0 Å². The van der Waals surface area contributed by atoms with Crippen molar-refractivity contribution in [3.63, 3.8) is 0 Å². The van der Waals surface area contributed by atoms with Crippen molar-refractivity contribution in [2.45, 2.75) is 62.5 Å². The number of sulfonamides is 1. The van der Waals surface area contributed by atoms with Gasteiger partial charge in [-0.15, -0.1) is 11.8 Å². The quantitative estimate of drug-likeness (QED) is 0.227. The fourth-order valence-corrected chi connectivity index (χ4v) is 6.18. The number of anilines is 1. The molecule has 0 heterocycles. The summed E-state index contributed by atoms with van der Waals surface area (Å²) in [5, 5.41) is 2.94. The summed E-state index contributed by atoms with van der Waals surface area (Å²) < 4.78 is 40.5. The first-order chi connectivity index (χ1) is 20.5. The SMILES string of the molecule is CCOc1ccccc1N(CC(=O)N(Cc1cccc(OC)c1)[C@H](C)C(=O)N[C@H](C)CC)S(=O)(=O)c1ccc(SC)cc1. The van der Waals surface area contributed by atoms with Crippen molar-refractivity contribution in [3.05, 3.63) is 78.4 Å². The van der Waals surface area contributed by atoms with Crippen LogP contribution in [0.5, 0.6) is 11.5 Å². The molecule has 2 atom stereocenters. The molecule has 43 heavy (non-hydrogen) atoms. The number of rotatable bonds is 15. The highest BCUT2D eigenvalue weighted by Crippen LogP contribution is 2.33. The van der Waals surface area contributed by atoms with Gasteiger partial charge in [0, 0.05) is 17.5 Å². The number of carbonyl (C=O) groups excluding carboxylic acids is 2. The van der Waals surface area contributed by atoms with Gasteiger partial charge in [0.1, 0.15) is 24.1 Å². The highest BCUT2D eigenvalue weighted by atomic mass is 32.2. The van der Waals surface area contributed by atoms with Gasteiger partial charge in [-0.3, -0.25) is 13.9 Å². The van der Waals surface area contributed by atoms with Crippen molar-refractivity contribution in [1.29, 1.82) is 0 Å². The van der Waals surface area contributed by atoms with Crippen LogP contribution < -0.4 is 19.1 Å². The summed E-state index contributed by atoms with van der Waals surface area (Å²) in [7, 11) is -2.67. The summed E-state index contributed by atoms with van der Waals surface area (Å²) >= 11 is 1.50. The Morgan fingerprint density at radius 3 is 2.30 bits per heavy atom. The van der Waals surface area contributed by atoms with Crippen LogP contribution in [0.15, 0.2) is 82.6 Å². The van der Waals surface area contributed by atoms with E-state index in [1.54, 1.807) is 75.6 Å². The lowest BCUT2D eigenvalue weighted by atomic mass is 10.1. The van der Waals surface area contributed by atoms with Crippen molar-refractivity contribution in [2.75, 3.05) is 30.8 Å². The summed E-state index contributed by atoms with van der Waals surface area (Å²) in [6.07, 6.45) is 2.63. The third-order valence-electron chi connectivity index (χ3n) is 7.02. The Bertz CT molecular complexity index is 1480. The number of ether oxygens (including phenoxy) is 2. The predicted molar refractivity (Wildman–Crippen MR) is 171 cm³/mol. The highest BCUT2D eigenvalue weighted by molar-refractivity contribution is 7.98. The van der Waals surface area contributed by atoms with E-state index in [1.807, 2.05) is 26.2 Å². The molecule has 0 aromatic heterocycles. The van der Waals surface area contributed by atoms with E-state index in [2.05, 4.69) is 5.32 Å². The van der Waals surface area contributed by atoms with E-state index in [1.165, 1.54) is 28.8 Å². The number of methoxy groups -OCH3 is 1. The van der Waals surface area contributed by atoms with Gasteiger partial charge in [0.05, 0.1) is 24.3 Å². The molecule has 0 saturated heterocycles. The maximum absolute atomic E-state index is 14.2. The van der Waals surface area contributed by atoms with Gasteiger partial charge in [0.15, 0.2) is 0 Å². The molecule has 3 aromatic carbocycles. The van der Waals surface area contributed by atoms with Crippen molar-refractivity contribution in [1.82, 2.24) is 10.2 Å². The first-order valence-corrected chi connectivity index (χ1v) is 16.8. The number of amides is 2. The van der Waals surface area contributed by atoms with Gasteiger partial charge in [-0.25, -0.2) is 8.42 Å². The molecule has 0 aliphatic rings. The number of para-hydroxylation sites is 2. The number of thioether (sulfide) groups is 1. The molecule has 2 amide bonds. The lowest BCUT2D eigenvalue weighted by molar-refractivity contribution is -0.139. The van der Waals surface area contributed by atoms with E-state index < -0.39 is 28.5 Å². The van der Waals surface area contributed by atoms with E-state index >= 15 is 0 Å². The number of nitrogens with zero attached hydrogens (tertiary/aromatic N) is 2. The van der Waals surface area contributed by atoms with Crippen molar-refractivity contribution < 1.29 is 27.5 Å². The molecular formula is C32H41N3O6S2. The first kappa shape index (κ1) is 33.8. The number of hydrogen-bond acceptors (Lipinski definition) is 7. The molecule has 0 unspecified atom stereocenters. The number of nitrogens with one attached hydrogen (secondary N) is 1. The molecule has 11 heteroatoms. The van der Waals surface area contributed by atoms with Crippen LogP contribution in [0.2, 0.25) is 0 Å². The van der Waals surface area contributed by atoms with Crippen molar-refractivity contribution in [2.24, 2.45) is 0 Å². The van der Waals surface area contributed by atoms with Crippen LogP contribution in [0.1, 0.15) is 39.7 Å². The zero-order valence-electron chi connectivity index (χ0n) is 25.6. The summed E-state index contributed by atoms with van der Waals surface area (Å²) in [5.74, 6) is 0.0433. The summed E-state index contributed by atoms with van der Waals surface area (Å²) in [6.45, 7) is 7.10. The minimum absolute atomic E-state index is 0.0336. The molecule has 0 radical (unpaired) electrons. The molecule has 9 nitrogen and oxygen atoms in total. The van der Waals surface area contributed by atoms with Gasteiger partial charge in [-0.1, -0.05) is 31.2 Å². The molecule has 1 N–H and O–H groups in total. The Morgan fingerprint density at radius 2 is 1.67 bits per heavy atom. The van der Waals surface area contributed by atoms with E-state index in [-0.39, 0.29) is 29.1 Å². The summed E-state index contributed by atoms with van der Waals surface area (Å²) in [6, 6.07) is 19.4. The lowest BCUT2D eigenvalue weighted by Crippen LogP contribution is -2.52. The topological polar surface area (TPSA) is 105 Å². The minimum atomic E-state index is -4.22. The van der Waals surface area contributed by atoms with Crippen LogP contribution in [-0.4, -0.2) is 63.7 Å². The van der Waals surface area contributed by atoms with Crippen LogP contribution in [0.3, 0.4) is 0 Å². The van der Waals surface area contributed by atoms with Crippen LogP contribution in [0, 0.1) is 0 Å². The monoisotopic (exact) mass is 627 g/mol. The molecule has 0 aliphatic carbocycles. The Morgan fingerprint density at radius 1 is 0.977 bits per heavy atom. The summed E-state index contributed by atoms with van der Waals surface area (Å²) in [5.41, 5.74) is 0.956. The van der Waals surface area contributed by atoms with Gasteiger partial charge >= 0.3 is 0 Å². The van der Waals surface area contributed by atoms with Crippen LogP contribution in [0.4, 0.5) is 5.69 Å². The van der Waals surface area contributed by atoms with Crippen molar-refractivity contribution >= 4 is 39.3 Å². The number of carbonyl (C=O) groups is 2. The van der Waals surface area contributed by atoms with E-state index in [4.69, 9.17) is 9.47 Å². The predicted octanol–water partition coefficient (Wildman–Crippen LogP) is 5.34. The Kier molecular flexibility index (Phi) is 12.3. The minimum Gasteiger partial charge on any atom is -0.497 e. The molecular weight excluding hydrogens is 587 g/mol. The Hall–Kier alpha value is -3.70. The van der Waals surface area contributed by atoms with Gasteiger partial charge in [-0.05, 0) is 87.5 Å². The van der Waals surface area contributed by atoms with Gasteiger partial charge < -0.3 is 19.7 Å². The molecule has 0 spiro atoms. The fraction of sp³-hybridized carbons (Fsp3) is 0.375. The second kappa shape index (κ2) is 15.7. The average Bonchev–Trinajstić information content (AvgIpc) is 3.02. The second-order valence-corrected chi connectivity index (χ2v) is 12.7. The van der Waals surface area contributed by atoms with Crippen molar-refractivity contribution in [3.8, 4) is 11.5 Å². The molecule has 0 fully saturated rings. The van der Waals surface area contributed by atoms with Crippen LogP contribution in [-0.2, 0) is 26.2 Å². The maximum atomic E-state index is 14.2. The molecule has 0 aliphatic heterocycles. The molecule has 0 saturated carbocycles. The first-order valence-electron chi connectivity index (χ1n) is 14.2. The molecule has 232 valence electrons. The Balaban J connectivity index is 2.09. The van der Waals surface area contributed by atoms with Crippen LogP contribution >= 0.6 is 11.8 Å². The van der Waals surface area contributed by atoms with E-state index in [0.717, 1.165) is 21.2 Å². The molecule has 3 rings (SSSR count). The molecule has 0 bridgehead atoms. The van der Waals surface area contributed by atoms with Crippen LogP contribution in [0.25, 0.3) is 0 Å². The fourth-order valence-electron chi connectivity index (χ4n) is 4.34. The standard InChI is InChI=1S/C32H41N3O6S2/c1-7-23(3)33-32(37)24(4)34(21-25-12-11-13-26(20-25)40-5)31(36)22-35(29-14-9-10-15-30(29)41-8-2)43(38,39)28-18-16-27(42-6)17-19-28/h9-20,23-24H,7-8,21-22H2,1-6H3,(H,33,37)/t23-,24-/m1/s1. The smallest absolute Gasteiger partial charge is 0.264 e. The second-order valence-electron chi connectivity index (χ2n) is 9.95. The number of benzene rings is 3. The average molecular weight is 628 g/mol. The Labute approximate surface area is 259 Å². The largest absolute Gasteiger partial charge is 0.497 e. The zero-order valence-corrected chi connectivity index (χ0v) is 27.2. The lowest BCUT2D eigenvalue weighted by Gasteiger charge is -2.33. The van der Waals surface area contributed by atoms with Gasteiger partial charge in [0.2, 0.25) is 11.8 Å². The van der Waals surface area contributed by atoms with Gasteiger partial charge in [0.25, 0.3) is 10.0 Å².